The predicted octanol–water partition coefficient (Wildman–Crippen LogP) is 4.57. The number of aromatic nitrogens is 2. The van der Waals surface area contributed by atoms with Crippen LogP contribution in [0.1, 0.15) is 65.8 Å². The van der Waals surface area contributed by atoms with Gasteiger partial charge in [-0.15, -0.1) is 0 Å². The molecule has 3 nitrogen and oxygen atoms in total. The molecule has 1 N–H and O–H groups in total. The van der Waals surface area contributed by atoms with Crippen molar-refractivity contribution >= 4 is 15.9 Å². The van der Waals surface area contributed by atoms with Crippen LogP contribution in [0.5, 0.6) is 0 Å². The first-order valence-corrected chi connectivity index (χ1v) is 9.19. The standard InChI is InChI=1S/C17H32BrN3/c1-7-14-16(18)15(21(10-4)20-14)11-17(8-2,9-3)12-19-13(5)6/h13,19H,7-12H2,1-6H3. The molecule has 0 amide bonds. The molecule has 0 saturated carbocycles. The van der Waals surface area contributed by atoms with E-state index in [0.29, 0.717) is 11.5 Å². The first-order chi connectivity index (χ1) is 9.92. The first-order valence-electron chi connectivity index (χ1n) is 8.40. The molecule has 0 unspecified atom stereocenters. The Hall–Kier alpha value is -0.350. The Labute approximate surface area is 139 Å². The Morgan fingerprint density at radius 3 is 2.24 bits per heavy atom. The van der Waals surface area contributed by atoms with Crippen molar-refractivity contribution in [3.8, 4) is 0 Å². The fourth-order valence-corrected chi connectivity index (χ4v) is 3.48. The fourth-order valence-electron chi connectivity index (χ4n) is 2.77. The average Bonchev–Trinajstić information content (AvgIpc) is 2.79. The van der Waals surface area contributed by atoms with Crippen LogP contribution in [0.3, 0.4) is 0 Å². The smallest absolute Gasteiger partial charge is 0.0766 e. The van der Waals surface area contributed by atoms with Gasteiger partial charge in [0, 0.05) is 19.1 Å². The first kappa shape index (κ1) is 18.7. The van der Waals surface area contributed by atoms with Crippen LogP contribution in [-0.2, 0) is 19.4 Å². The van der Waals surface area contributed by atoms with E-state index in [1.165, 1.54) is 28.7 Å². The lowest BCUT2D eigenvalue weighted by atomic mass is 9.78. The van der Waals surface area contributed by atoms with Crippen molar-refractivity contribution in [2.45, 2.75) is 79.8 Å². The van der Waals surface area contributed by atoms with Gasteiger partial charge in [-0.3, -0.25) is 4.68 Å². The molecule has 1 rings (SSSR count). The third-order valence-electron chi connectivity index (χ3n) is 4.62. The molecule has 21 heavy (non-hydrogen) atoms. The molecule has 0 aliphatic carbocycles. The van der Waals surface area contributed by atoms with Gasteiger partial charge >= 0.3 is 0 Å². The lowest BCUT2D eigenvalue weighted by Gasteiger charge is -2.33. The van der Waals surface area contributed by atoms with Crippen LogP contribution in [0.4, 0.5) is 0 Å². The van der Waals surface area contributed by atoms with Crippen LogP contribution in [0.25, 0.3) is 0 Å². The second-order valence-corrected chi connectivity index (χ2v) is 7.09. The minimum atomic E-state index is 0.310. The van der Waals surface area contributed by atoms with E-state index in [0.717, 1.165) is 25.9 Å². The normalized spacial score (nSPS) is 12.4. The summed E-state index contributed by atoms with van der Waals surface area (Å²) in [7, 11) is 0. The van der Waals surface area contributed by atoms with E-state index in [4.69, 9.17) is 5.10 Å². The van der Waals surface area contributed by atoms with Crippen LogP contribution in [0.15, 0.2) is 4.47 Å². The van der Waals surface area contributed by atoms with E-state index in [-0.39, 0.29) is 0 Å². The number of hydrogen-bond donors (Lipinski definition) is 1. The summed E-state index contributed by atoms with van der Waals surface area (Å²) >= 11 is 3.79. The van der Waals surface area contributed by atoms with Gasteiger partial charge < -0.3 is 5.32 Å². The summed E-state index contributed by atoms with van der Waals surface area (Å²) in [4.78, 5) is 0. The minimum absolute atomic E-state index is 0.310. The number of nitrogens with one attached hydrogen (secondary N) is 1. The number of aryl methyl sites for hydroxylation is 2. The van der Waals surface area contributed by atoms with Crippen molar-refractivity contribution in [1.29, 1.82) is 0 Å². The Balaban J connectivity index is 3.05. The maximum Gasteiger partial charge on any atom is 0.0766 e. The minimum Gasteiger partial charge on any atom is -0.314 e. The quantitative estimate of drug-likeness (QED) is 0.701. The number of hydrogen-bond acceptors (Lipinski definition) is 2. The Bertz CT molecular complexity index is 433. The van der Waals surface area contributed by atoms with Gasteiger partial charge in [-0.2, -0.15) is 5.10 Å². The zero-order valence-electron chi connectivity index (χ0n) is 14.6. The lowest BCUT2D eigenvalue weighted by molar-refractivity contribution is 0.233. The zero-order chi connectivity index (χ0) is 16.0. The van der Waals surface area contributed by atoms with Gasteiger partial charge in [0.1, 0.15) is 0 Å². The van der Waals surface area contributed by atoms with E-state index < -0.39 is 0 Å². The highest BCUT2D eigenvalue weighted by Crippen LogP contribution is 2.34. The fraction of sp³-hybridized carbons (Fsp3) is 0.824. The van der Waals surface area contributed by atoms with E-state index in [2.05, 4.69) is 67.5 Å². The maximum absolute atomic E-state index is 4.74. The molecule has 0 fully saturated rings. The highest BCUT2D eigenvalue weighted by atomic mass is 79.9. The van der Waals surface area contributed by atoms with Crippen molar-refractivity contribution in [2.24, 2.45) is 5.41 Å². The van der Waals surface area contributed by atoms with Gasteiger partial charge in [0.25, 0.3) is 0 Å². The molecule has 0 aromatic carbocycles. The predicted molar refractivity (Wildman–Crippen MR) is 94.8 cm³/mol. The molecule has 0 aliphatic rings. The Morgan fingerprint density at radius 1 is 1.19 bits per heavy atom. The second-order valence-electron chi connectivity index (χ2n) is 6.30. The number of rotatable bonds is 9. The third kappa shape index (κ3) is 4.56. The molecular weight excluding hydrogens is 326 g/mol. The van der Waals surface area contributed by atoms with Crippen molar-refractivity contribution in [3.05, 3.63) is 15.9 Å². The number of halogens is 1. The molecule has 4 heteroatoms. The summed E-state index contributed by atoms with van der Waals surface area (Å²) in [6, 6.07) is 0.535. The van der Waals surface area contributed by atoms with E-state index in [9.17, 15) is 0 Å². The van der Waals surface area contributed by atoms with Crippen molar-refractivity contribution in [2.75, 3.05) is 6.54 Å². The number of nitrogens with zero attached hydrogens (tertiary/aromatic N) is 2. The van der Waals surface area contributed by atoms with Crippen LogP contribution in [0, 0.1) is 5.41 Å². The summed E-state index contributed by atoms with van der Waals surface area (Å²) < 4.78 is 3.40. The lowest BCUT2D eigenvalue weighted by Crippen LogP contribution is -2.39. The van der Waals surface area contributed by atoms with Gasteiger partial charge in [0.2, 0.25) is 0 Å². The molecule has 0 bridgehead atoms. The summed E-state index contributed by atoms with van der Waals surface area (Å²) in [5.74, 6) is 0. The maximum atomic E-state index is 4.74. The molecule has 0 aliphatic heterocycles. The van der Waals surface area contributed by atoms with E-state index in [1.807, 2.05) is 0 Å². The molecule has 1 heterocycles. The topological polar surface area (TPSA) is 29.9 Å². The van der Waals surface area contributed by atoms with Crippen LogP contribution < -0.4 is 5.32 Å². The average molecular weight is 358 g/mol. The molecule has 1 aromatic heterocycles. The van der Waals surface area contributed by atoms with E-state index >= 15 is 0 Å². The molecule has 0 atom stereocenters. The van der Waals surface area contributed by atoms with Crippen LogP contribution in [-0.4, -0.2) is 22.4 Å². The van der Waals surface area contributed by atoms with Gasteiger partial charge in [-0.05, 0) is 54.0 Å². The van der Waals surface area contributed by atoms with Gasteiger partial charge in [-0.25, -0.2) is 0 Å². The van der Waals surface area contributed by atoms with Crippen LogP contribution in [0.2, 0.25) is 0 Å². The Kier molecular flexibility index (Phi) is 7.41. The van der Waals surface area contributed by atoms with Gasteiger partial charge in [0.05, 0.1) is 15.9 Å². The largest absolute Gasteiger partial charge is 0.314 e. The van der Waals surface area contributed by atoms with Crippen LogP contribution >= 0.6 is 15.9 Å². The SMILES string of the molecule is CCc1nn(CC)c(CC(CC)(CC)CNC(C)C)c1Br. The summed E-state index contributed by atoms with van der Waals surface area (Å²) in [5, 5.41) is 8.39. The summed E-state index contributed by atoms with van der Waals surface area (Å²) in [6.07, 6.45) is 4.44. The van der Waals surface area contributed by atoms with E-state index in [1.54, 1.807) is 0 Å². The van der Waals surface area contributed by atoms with Crippen molar-refractivity contribution in [3.63, 3.8) is 0 Å². The molecule has 0 spiro atoms. The second kappa shape index (κ2) is 8.33. The Morgan fingerprint density at radius 2 is 1.81 bits per heavy atom. The highest BCUT2D eigenvalue weighted by molar-refractivity contribution is 9.10. The molecule has 0 saturated heterocycles. The molecule has 0 radical (unpaired) electrons. The highest BCUT2D eigenvalue weighted by Gasteiger charge is 2.30. The zero-order valence-corrected chi connectivity index (χ0v) is 16.2. The third-order valence-corrected chi connectivity index (χ3v) is 5.54. The molecular formula is C17H32BrN3. The van der Waals surface area contributed by atoms with Crippen molar-refractivity contribution < 1.29 is 0 Å². The summed E-state index contributed by atoms with van der Waals surface area (Å²) in [5.41, 5.74) is 2.86. The van der Waals surface area contributed by atoms with Crippen molar-refractivity contribution in [1.82, 2.24) is 15.1 Å². The van der Waals surface area contributed by atoms with Gasteiger partial charge in [0.15, 0.2) is 0 Å². The summed E-state index contributed by atoms with van der Waals surface area (Å²) in [6.45, 7) is 15.4. The molecule has 1 aromatic rings. The van der Waals surface area contributed by atoms with Gasteiger partial charge in [-0.1, -0.05) is 34.6 Å². The monoisotopic (exact) mass is 357 g/mol. The molecule has 122 valence electrons.